The molecule has 0 heterocycles. The van der Waals surface area contributed by atoms with E-state index in [1.807, 2.05) is 0 Å². The van der Waals surface area contributed by atoms with Crippen LogP contribution in [-0.4, -0.2) is 27.9 Å². The van der Waals surface area contributed by atoms with Crippen molar-refractivity contribution in [3.8, 4) is 17.2 Å². The molecule has 1 fully saturated rings. The van der Waals surface area contributed by atoms with E-state index < -0.39 is 0 Å². The maximum atomic E-state index is 6.34. The first-order chi connectivity index (χ1) is 9.63. The fourth-order valence-corrected chi connectivity index (χ4v) is 3.51. The Hall–Kier alpha value is -1.13. The Morgan fingerprint density at radius 1 is 1.10 bits per heavy atom. The van der Waals surface area contributed by atoms with Crippen LogP contribution in [0.15, 0.2) is 6.07 Å². The second-order valence-electron chi connectivity index (χ2n) is 5.19. The van der Waals surface area contributed by atoms with Crippen molar-refractivity contribution >= 4 is 11.6 Å². The summed E-state index contributed by atoms with van der Waals surface area (Å²) in [6.07, 6.45) is 4.33. The van der Waals surface area contributed by atoms with Gasteiger partial charge in [0.15, 0.2) is 11.5 Å². The Bertz CT molecular complexity index is 484. The van der Waals surface area contributed by atoms with Crippen molar-refractivity contribution in [2.24, 2.45) is 5.73 Å². The average molecular weight is 300 g/mol. The molecule has 0 bridgehead atoms. The number of ether oxygens (including phenoxy) is 3. The summed E-state index contributed by atoms with van der Waals surface area (Å²) in [5.41, 5.74) is 6.90. The van der Waals surface area contributed by atoms with Gasteiger partial charge in [0.2, 0.25) is 0 Å². The predicted molar refractivity (Wildman–Crippen MR) is 80.3 cm³/mol. The average Bonchev–Trinajstić information content (AvgIpc) is 2.95. The van der Waals surface area contributed by atoms with Crippen LogP contribution in [-0.2, 0) is 5.41 Å². The fraction of sp³-hybridized carbons (Fsp3) is 0.600. The molecule has 5 heteroatoms. The maximum Gasteiger partial charge on any atom is 0.168 e. The van der Waals surface area contributed by atoms with Crippen LogP contribution < -0.4 is 19.9 Å². The number of hydrogen-bond donors (Lipinski definition) is 1. The molecule has 0 aromatic heterocycles. The van der Waals surface area contributed by atoms with Gasteiger partial charge in [-0.15, -0.1) is 0 Å². The number of rotatable bonds is 5. The van der Waals surface area contributed by atoms with E-state index >= 15 is 0 Å². The van der Waals surface area contributed by atoms with Crippen LogP contribution in [0.2, 0.25) is 5.02 Å². The number of halogens is 1. The third kappa shape index (κ3) is 2.31. The van der Waals surface area contributed by atoms with Gasteiger partial charge in [0.05, 0.1) is 26.4 Å². The molecule has 0 unspecified atom stereocenters. The highest BCUT2D eigenvalue weighted by molar-refractivity contribution is 6.32. The molecule has 2 N–H and O–H groups in total. The summed E-state index contributed by atoms with van der Waals surface area (Å²) in [4.78, 5) is 0. The Morgan fingerprint density at radius 2 is 1.70 bits per heavy atom. The highest BCUT2D eigenvalue weighted by Crippen LogP contribution is 2.53. The highest BCUT2D eigenvalue weighted by Gasteiger charge is 2.41. The van der Waals surface area contributed by atoms with E-state index in [2.05, 4.69) is 0 Å². The van der Waals surface area contributed by atoms with Crippen LogP contribution >= 0.6 is 11.6 Å². The minimum absolute atomic E-state index is 0.144. The Balaban J connectivity index is 2.73. The molecular weight excluding hydrogens is 278 g/mol. The lowest BCUT2D eigenvalue weighted by Crippen LogP contribution is -2.33. The first kappa shape index (κ1) is 15.3. The zero-order valence-corrected chi connectivity index (χ0v) is 13.0. The third-order valence-corrected chi connectivity index (χ3v) is 4.54. The van der Waals surface area contributed by atoms with Gasteiger partial charge >= 0.3 is 0 Å². The Kier molecular flexibility index (Phi) is 4.66. The normalized spacial score (nSPS) is 17.1. The molecule has 4 nitrogen and oxygen atoms in total. The minimum atomic E-state index is -0.144. The second-order valence-corrected chi connectivity index (χ2v) is 5.60. The minimum Gasteiger partial charge on any atom is -0.495 e. The van der Waals surface area contributed by atoms with Crippen LogP contribution in [0.5, 0.6) is 17.2 Å². The van der Waals surface area contributed by atoms with Crippen molar-refractivity contribution in [2.45, 2.75) is 31.1 Å². The lowest BCUT2D eigenvalue weighted by atomic mass is 9.77. The Morgan fingerprint density at radius 3 is 2.15 bits per heavy atom. The zero-order chi connectivity index (χ0) is 14.8. The molecule has 2 rings (SSSR count). The fourth-order valence-electron chi connectivity index (χ4n) is 3.24. The molecule has 1 aromatic rings. The number of nitrogens with two attached hydrogens (primary N) is 1. The van der Waals surface area contributed by atoms with Crippen molar-refractivity contribution in [3.63, 3.8) is 0 Å². The molecule has 0 aliphatic heterocycles. The number of methoxy groups -OCH3 is 3. The van der Waals surface area contributed by atoms with Gasteiger partial charge in [-0.1, -0.05) is 24.4 Å². The SMILES string of the molecule is COc1cc(Cl)c(OC)c(C2(CN)CCCC2)c1OC. The summed E-state index contributed by atoms with van der Waals surface area (Å²) < 4.78 is 16.5. The summed E-state index contributed by atoms with van der Waals surface area (Å²) >= 11 is 6.34. The molecule has 0 saturated heterocycles. The summed E-state index contributed by atoms with van der Waals surface area (Å²) in [6.45, 7) is 0.545. The molecule has 1 aliphatic rings. The van der Waals surface area contributed by atoms with Gasteiger partial charge in [-0.3, -0.25) is 0 Å². The lowest BCUT2D eigenvalue weighted by molar-refractivity contribution is 0.321. The highest BCUT2D eigenvalue weighted by atomic mass is 35.5. The van der Waals surface area contributed by atoms with E-state index in [1.165, 1.54) is 0 Å². The van der Waals surface area contributed by atoms with Gasteiger partial charge in [0.25, 0.3) is 0 Å². The number of hydrogen-bond acceptors (Lipinski definition) is 4. The quantitative estimate of drug-likeness (QED) is 0.907. The van der Waals surface area contributed by atoms with Gasteiger partial charge in [-0.2, -0.15) is 0 Å². The van der Waals surface area contributed by atoms with Crippen LogP contribution in [0.1, 0.15) is 31.2 Å². The van der Waals surface area contributed by atoms with Crippen molar-refractivity contribution in [1.82, 2.24) is 0 Å². The zero-order valence-electron chi connectivity index (χ0n) is 12.3. The topological polar surface area (TPSA) is 53.7 Å². The molecule has 112 valence electrons. The van der Waals surface area contributed by atoms with Gasteiger partial charge < -0.3 is 19.9 Å². The summed E-state index contributed by atoms with van der Waals surface area (Å²) in [5.74, 6) is 1.95. The number of benzene rings is 1. The van der Waals surface area contributed by atoms with Crippen LogP contribution in [0.3, 0.4) is 0 Å². The van der Waals surface area contributed by atoms with Gasteiger partial charge in [0, 0.05) is 23.6 Å². The van der Waals surface area contributed by atoms with Crippen molar-refractivity contribution in [3.05, 3.63) is 16.7 Å². The smallest absolute Gasteiger partial charge is 0.168 e. The summed E-state index contributed by atoms with van der Waals surface area (Å²) in [5, 5.41) is 0.528. The molecule has 0 atom stereocenters. The van der Waals surface area contributed by atoms with Crippen LogP contribution in [0, 0.1) is 0 Å². The lowest BCUT2D eigenvalue weighted by Gasteiger charge is -2.32. The van der Waals surface area contributed by atoms with E-state index in [0.29, 0.717) is 28.8 Å². The van der Waals surface area contributed by atoms with E-state index in [0.717, 1.165) is 31.2 Å². The van der Waals surface area contributed by atoms with Gasteiger partial charge in [0.1, 0.15) is 5.75 Å². The van der Waals surface area contributed by atoms with Crippen LogP contribution in [0.4, 0.5) is 0 Å². The maximum absolute atomic E-state index is 6.34. The largest absolute Gasteiger partial charge is 0.495 e. The van der Waals surface area contributed by atoms with E-state index in [9.17, 15) is 0 Å². The summed E-state index contributed by atoms with van der Waals surface area (Å²) in [7, 11) is 4.86. The van der Waals surface area contributed by atoms with Gasteiger partial charge in [-0.25, -0.2) is 0 Å². The Labute approximate surface area is 125 Å². The van der Waals surface area contributed by atoms with Crippen molar-refractivity contribution in [2.75, 3.05) is 27.9 Å². The second kappa shape index (κ2) is 6.10. The third-order valence-electron chi connectivity index (χ3n) is 4.26. The molecule has 20 heavy (non-hydrogen) atoms. The summed E-state index contributed by atoms with van der Waals surface area (Å²) in [6, 6.07) is 1.72. The molecular formula is C15H22ClNO3. The first-order valence-electron chi connectivity index (χ1n) is 6.82. The van der Waals surface area contributed by atoms with Crippen molar-refractivity contribution < 1.29 is 14.2 Å². The molecule has 0 amide bonds. The van der Waals surface area contributed by atoms with E-state index in [4.69, 9.17) is 31.5 Å². The van der Waals surface area contributed by atoms with Crippen LogP contribution in [0.25, 0.3) is 0 Å². The van der Waals surface area contributed by atoms with E-state index in [-0.39, 0.29) is 5.41 Å². The standard InChI is InChI=1S/C15H22ClNO3/c1-18-11-8-10(16)13(19-2)12(14(11)20-3)15(9-17)6-4-5-7-15/h8H,4-7,9,17H2,1-3H3. The van der Waals surface area contributed by atoms with Gasteiger partial charge in [-0.05, 0) is 12.8 Å². The van der Waals surface area contributed by atoms with Crippen molar-refractivity contribution in [1.29, 1.82) is 0 Å². The molecule has 1 aliphatic carbocycles. The molecule has 1 saturated carbocycles. The molecule has 0 spiro atoms. The first-order valence-corrected chi connectivity index (χ1v) is 7.20. The van der Waals surface area contributed by atoms with E-state index in [1.54, 1.807) is 27.4 Å². The molecule has 1 aromatic carbocycles. The predicted octanol–water partition coefficient (Wildman–Crippen LogP) is 3.14. The monoisotopic (exact) mass is 299 g/mol. The molecule has 0 radical (unpaired) electrons.